The summed E-state index contributed by atoms with van der Waals surface area (Å²) in [5.41, 5.74) is 1.11. The number of hydrogen-bond acceptors (Lipinski definition) is 5. The van der Waals surface area contributed by atoms with E-state index in [0.29, 0.717) is 31.1 Å². The van der Waals surface area contributed by atoms with Crippen LogP contribution in [0.2, 0.25) is 0 Å². The first-order valence-corrected chi connectivity index (χ1v) is 6.65. The Morgan fingerprint density at radius 3 is 2.43 bits per heavy atom. The highest BCUT2D eigenvalue weighted by atomic mass is 35.5. The molecule has 0 aliphatic heterocycles. The Labute approximate surface area is 132 Å². The van der Waals surface area contributed by atoms with Gasteiger partial charge in [-0.15, -0.1) is 12.4 Å². The van der Waals surface area contributed by atoms with Gasteiger partial charge in [-0.3, -0.25) is 4.79 Å². The van der Waals surface area contributed by atoms with Gasteiger partial charge in [-0.2, -0.15) is 0 Å². The lowest BCUT2D eigenvalue weighted by molar-refractivity contribution is -0.143. The number of ether oxygens (including phenoxy) is 3. The topological polar surface area (TPSA) is 48.0 Å². The van der Waals surface area contributed by atoms with E-state index in [1.807, 2.05) is 32.2 Å². The Bertz CT molecular complexity index is 440. The first kappa shape index (κ1) is 19.5. The fraction of sp³-hybridized carbons (Fsp3) is 0.533. The van der Waals surface area contributed by atoms with E-state index >= 15 is 0 Å². The summed E-state index contributed by atoms with van der Waals surface area (Å²) in [5, 5.41) is 0. The van der Waals surface area contributed by atoms with E-state index in [1.54, 1.807) is 14.2 Å². The standard InChI is InChI=1S/C15H23NO4.ClH/c1-5-20-15(17)8-9-16(2)11-12-6-7-13(18-3)14(10-12)19-4;/h6-7,10H,5,8-9,11H2,1-4H3;1H. The second kappa shape index (κ2) is 10.3. The minimum Gasteiger partial charge on any atom is -0.493 e. The molecule has 6 heteroatoms. The van der Waals surface area contributed by atoms with Gasteiger partial charge in [-0.1, -0.05) is 6.07 Å². The van der Waals surface area contributed by atoms with Gasteiger partial charge in [0.05, 0.1) is 27.2 Å². The van der Waals surface area contributed by atoms with Crippen molar-refractivity contribution in [2.45, 2.75) is 19.9 Å². The van der Waals surface area contributed by atoms with Crippen molar-refractivity contribution in [1.82, 2.24) is 4.90 Å². The third-order valence-electron chi connectivity index (χ3n) is 2.90. The van der Waals surface area contributed by atoms with Crippen LogP contribution in [0.15, 0.2) is 18.2 Å². The van der Waals surface area contributed by atoms with Gasteiger partial charge in [-0.25, -0.2) is 0 Å². The molecule has 1 aromatic rings. The first-order valence-electron chi connectivity index (χ1n) is 6.65. The lowest BCUT2D eigenvalue weighted by Gasteiger charge is -2.17. The molecule has 0 saturated carbocycles. The van der Waals surface area contributed by atoms with Crippen molar-refractivity contribution in [3.05, 3.63) is 23.8 Å². The number of carbonyl (C=O) groups excluding carboxylic acids is 1. The molecule has 1 rings (SSSR count). The van der Waals surface area contributed by atoms with Crippen molar-refractivity contribution >= 4 is 18.4 Å². The number of carbonyl (C=O) groups is 1. The zero-order chi connectivity index (χ0) is 15.0. The lowest BCUT2D eigenvalue weighted by atomic mass is 10.2. The van der Waals surface area contributed by atoms with E-state index in [2.05, 4.69) is 4.90 Å². The zero-order valence-corrected chi connectivity index (χ0v) is 13.9. The predicted octanol–water partition coefficient (Wildman–Crippen LogP) is 2.51. The maximum absolute atomic E-state index is 11.3. The number of rotatable bonds is 8. The molecule has 0 spiro atoms. The van der Waals surface area contributed by atoms with Crippen molar-refractivity contribution in [2.24, 2.45) is 0 Å². The van der Waals surface area contributed by atoms with Crippen LogP contribution in [0.5, 0.6) is 11.5 Å². The second-order valence-corrected chi connectivity index (χ2v) is 4.48. The van der Waals surface area contributed by atoms with Crippen molar-refractivity contribution in [1.29, 1.82) is 0 Å². The summed E-state index contributed by atoms with van der Waals surface area (Å²) in [4.78, 5) is 13.4. The predicted molar refractivity (Wildman–Crippen MR) is 84.4 cm³/mol. The van der Waals surface area contributed by atoms with Crippen LogP contribution in [0.1, 0.15) is 18.9 Å². The van der Waals surface area contributed by atoms with Crippen LogP contribution in [-0.4, -0.2) is 45.3 Å². The van der Waals surface area contributed by atoms with Gasteiger partial charge in [0, 0.05) is 13.1 Å². The highest BCUT2D eigenvalue weighted by Gasteiger charge is 2.08. The third kappa shape index (κ3) is 6.69. The van der Waals surface area contributed by atoms with Gasteiger partial charge in [0.25, 0.3) is 0 Å². The Morgan fingerprint density at radius 2 is 1.86 bits per heavy atom. The molecule has 0 aromatic heterocycles. The second-order valence-electron chi connectivity index (χ2n) is 4.48. The summed E-state index contributed by atoms with van der Waals surface area (Å²) in [6.07, 6.45) is 0.400. The Hall–Kier alpha value is -1.46. The number of halogens is 1. The summed E-state index contributed by atoms with van der Waals surface area (Å²) in [6.45, 7) is 3.64. The molecule has 0 atom stereocenters. The minimum atomic E-state index is -0.160. The fourth-order valence-corrected chi connectivity index (χ4v) is 1.89. The number of esters is 1. The molecule has 0 bridgehead atoms. The first-order chi connectivity index (χ1) is 9.60. The van der Waals surface area contributed by atoms with Crippen LogP contribution >= 0.6 is 12.4 Å². The van der Waals surface area contributed by atoms with E-state index in [9.17, 15) is 4.79 Å². The number of hydrogen-bond donors (Lipinski definition) is 0. The maximum atomic E-state index is 11.3. The van der Waals surface area contributed by atoms with Crippen molar-refractivity contribution in [3.8, 4) is 11.5 Å². The molecule has 0 saturated heterocycles. The Morgan fingerprint density at radius 1 is 1.19 bits per heavy atom. The number of methoxy groups -OCH3 is 2. The highest BCUT2D eigenvalue weighted by molar-refractivity contribution is 5.85. The van der Waals surface area contributed by atoms with Crippen LogP contribution in [0.4, 0.5) is 0 Å². The molecule has 5 nitrogen and oxygen atoms in total. The third-order valence-corrected chi connectivity index (χ3v) is 2.90. The molecule has 1 aromatic carbocycles. The lowest BCUT2D eigenvalue weighted by Crippen LogP contribution is -2.22. The summed E-state index contributed by atoms with van der Waals surface area (Å²) in [5.74, 6) is 1.26. The van der Waals surface area contributed by atoms with Gasteiger partial charge in [0.1, 0.15) is 0 Å². The fourth-order valence-electron chi connectivity index (χ4n) is 1.89. The van der Waals surface area contributed by atoms with Gasteiger partial charge < -0.3 is 19.1 Å². The monoisotopic (exact) mass is 317 g/mol. The average Bonchev–Trinajstić information content (AvgIpc) is 2.45. The van der Waals surface area contributed by atoms with Crippen LogP contribution in [0.3, 0.4) is 0 Å². The largest absolute Gasteiger partial charge is 0.493 e. The molecule has 0 fully saturated rings. The molecule has 21 heavy (non-hydrogen) atoms. The van der Waals surface area contributed by atoms with E-state index in [-0.39, 0.29) is 18.4 Å². The van der Waals surface area contributed by atoms with E-state index in [4.69, 9.17) is 14.2 Å². The molecule has 120 valence electrons. The molecule has 0 radical (unpaired) electrons. The minimum absolute atomic E-state index is 0. The van der Waals surface area contributed by atoms with E-state index < -0.39 is 0 Å². The summed E-state index contributed by atoms with van der Waals surface area (Å²) >= 11 is 0. The van der Waals surface area contributed by atoms with Gasteiger partial charge in [0.15, 0.2) is 11.5 Å². The van der Waals surface area contributed by atoms with Crippen molar-refractivity contribution < 1.29 is 19.0 Å². The summed E-state index contributed by atoms with van der Waals surface area (Å²) in [7, 11) is 5.20. The number of nitrogens with zero attached hydrogens (tertiary/aromatic N) is 1. The van der Waals surface area contributed by atoms with Gasteiger partial charge >= 0.3 is 5.97 Å². The van der Waals surface area contributed by atoms with Crippen LogP contribution < -0.4 is 9.47 Å². The quantitative estimate of drug-likeness (QED) is 0.689. The smallest absolute Gasteiger partial charge is 0.307 e. The van der Waals surface area contributed by atoms with E-state index in [1.165, 1.54) is 0 Å². The molecular formula is C15H24ClNO4. The van der Waals surface area contributed by atoms with Crippen molar-refractivity contribution in [3.63, 3.8) is 0 Å². The van der Waals surface area contributed by atoms with Crippen LogP contribution in [0.25, 0.3) is 0 Å². The normalized spacial score (nSPS) is 9.95. The molecule has 0 aliphatic carbocycles. The summed E-state index contributed by atoms with van der Waals surface area (Å²) < 4.78 is 15.4. The Balaban J connectivity index is 0.00000400. The van der Waals surface area contributed by atoms with Crippen LogP contribution in [0, 0.1) is 0 Å². The molecule has 0 amide bonds. The molecular weight excluding hydrogens is 294 g/mol. The number of benzene rings is 1. The maximum Gasteiger partial charge on any atom is 0.307 e. The van der Waals surface area contributed by atoms with E-state index in [0.717, 1.165) is 12.1 Å². The van der Waals surface area contributed by atoms with Crippen LogP contribution in [-0.2, 0) is 16.1 Å². The Kier molecular flexibility index (Phi) is 9.58. The SMILES string of the molecule is CCOC(=O)CCN(C)Cc1ccc(OC)c(OC)c1.Cl. The molecule has 0 unspecified atom stereocenters. The molecule has 0 aliphatic rings. The van der Waals surface area contributed by atoms with Gasteiger partial charge in [-0.05, 0) is 31.7 Å². The van der Waals surface area contributed by atoms with Gasteiger partial charge in [0.2, 0.25) is 0 Å². The summed E-state index contributed by atoms with van der Waals surface area (Å²) in [6, 6.07) is 5.81. The highest BCUT2D eigenvalue weighted by Crippen LogP contribution is 2.27. The zero-order valence-electron chi connectivity index (χ0n) is 13.0. The van der Waals surface area contributed by atoms with Crippen molar-refractivity contribution in [2.75, 3.05) is 34.4 Å². The average molecular weight is 318 g/mol. The molecule has 0 heterocycles. The molecule has 0 N–H and O–H groups in total.